The third-order valence-corrected chi connectivity index (χ3v) is 4.29. The number of aryl methyl sites for hydroxylation is 1. The van der Waals surface area contributed by atoms with Crippen LogP contribution in [0, 0.1) is 12.3 Å². The summed E-state index contributed by atoms with van der Waals surface area (Å²) < 4.78 is 0. The van der Waals surface area contributed by atoms with Crippen molar-refractivity contribution < 1.29 is 0 Å². The lowest BCUT2D eigenvalue weighted by Crippen LogP contribution is -2.39. The molecule has 0 amide bonds. The topological polar surface area (TPSA) is 12.0 Å². The smallest absolute Gasteiger partial charge is 0.0294 e. The Morgan fingerprint density at radius 3 is 2.41 bits per heavy atom. The second kappa shape index (κ2) is 4.81. The van der Waals surface area contributed by atoms with Gasteiger partial charge in [0.25, 0.3) is 0 Å². The zero-order valence-corrected chi connectivity index (χ0v) is 11.6. The van der Waals surface area contributed by atoms with Crippen LogP contribution in [0.15, 0.2) is 24.3 Å². The predicted octanol–water partition coefficient (Wildman–Crippen LogP) is 4.22. The van der Waals surface area contributed by atoms with E-state index in [-0.39, 0.29) is 0 Å². The molecule has 2 atom stereocenters. The van der Waals surface area contributed by atoms with E-state index in [2.05, 4.69) is 57.3 Å². The summed E-state index contributed by atoms with van der Waals surface area (Å²) in [5, 5.41) is 3.80. The molecule has 0 spiro atoms. The van der Waals surface area contributed by atoms with Crippen LogP contribution in [0.3, 0.4) is 0 Å². The molecule has 17 heavy (non-hydrogen) atoms. The summed E-state index contributed by atoms with van der Waals surface area (Å²) in [6, 6.07) is 10.0. The summed E-state index contributed by atoms with van der Waals surface area (Å²) in [6.07, 6.45) is 4.04. The minimum absolute atomic E-state index is 0.456. The van der Waals surface area contributed by atoms with Gasteiger partial charge in [-0.05, 0) is 37.7 Å². The molecule has 1 saturated carbocycles. The lowest BCUT2D eigenvalue weighted by atomic mass is 9.86. The highest BCUT2D eigenvalue weighted by molar-refractivity contribution is 5.23. The average molecular weight is 231 g/mol. The molecule has 2 rings (SSSR count). The fraction of sp³-hybridized carbons (Fsp3) is 0.625. The minimum Gasteiger partial charge on any atom is -0.307 e. The second-order valence-corrected chi connectivity index (χ2v) is 6.23. The first-order chi connectivity index (χ1) is 7.99. The number of rotatable bonds is 3. The molecular formula is C16H25N. The van der Waals surface area contributed by atoms with E-state index in [1.54, 1.807) is 0 Å². The summed E-state index contributed by atoms with van der Waals surface area (Å²) in [6.45, 7) is 9.19. The van der Waals surface area contributed by atoms with Crippen LogP contribution in [0.4, 0.5) is 0 Å². The van der Waals surface area contributed by atoms with Crippen molar-refractivity contribution in [2.45, 2.75) is 59.0 Å². The molecule has 0 aliphatic heterocycles. The molecule has 0 bridgehead atoms. The highest BCUT2D eigenvalue weighted by Crippen LogP contribution is 2.38. The van der Waals surface area contributed by atoms with E-state index in [0.29, 0.717) is 17.5 Å². The molecule has 1 aromatic carbocycles. The Kier molecular flexibility index (Phi) is 3.58. The fourth-order valence-corrected chi connectivity index (χ4v) is 2.89. The Hall–Kier alpha value is -0.820. The van der Waals surface area contributed by atoms with Gasteiger partial charge in [-0.15, -0.1) is 0 Å². The van der Waals surface area contributed by atoms with Crippen molar-refractivity contribution in [3.8, 4) is 0 Å². The Morgan fingerprint density at radius 1 is 1.24 bits per heavy atom. The molecule has 1 fully saturated rings. The van der Waals surface area contributed by atoms with Crippen LogP contribution in [0.2, 0.25) is 0 Å². The van der Waals surface area contributed by atoms with Gasteiger partial charge < -0.3 is 5.32 Å². The van der Waals surface area contributed by atoms with Crippen molar-refractivity contribution in [3.05, 3.63) is 35.4 Å². The summed E-state index contributed by atoms with van der Waals surface area (Å²) in [5.41, 5.74) is 3.19. The van der Waals surface area contributed by atoms with Gasteiger partial charge in [0, 0.05) is 12.1 Å². The standard InChI is InChI=1S/C16H25N/c1-12-7-9-14(10-8-12)13(2)17-15-6-5-11-16(15,3)4/h7-10,13,15,17H,5-6,11H2,1-4H3/t13-,15?/m1/s1. The molecule has 0 aromatic heterocycles. The van der Waals surface area contributed by atoms with Gasteiger partial charge in [0.05, 0.1) is 0 Å². The van der Waals surface area contributed by atoms with Gasteiger partial charge >= 0.3 is 0 Å². The third kappa shape index (κ3) is 2.90. The maximum absolute atomic E-state index is 3.80. The predicted molar refractivity (Wildman–Crippen MR) is 74.1 cm³/mol. The zero-order valence-electron chi connectivity index (χ0n) is 11.6. The van der Waals surface area contributed by atoms with Crippen molar-refractivity contribution in [1.82, 2.24) is 5.32 Å². The summed E-state index contributed by atoms with van der Waals surface area (Å²) in [5.74, 6) is 0. The number of nitrogens with one attached hydrogen (secondary N) is 1. The molecule has 1 aliphatic carbocycles. The first-order valence-electron chi connectivity index (χ1n) is 6.82. The Morgan fingerprint density at radius 2 is 1.88 bits per heavy atom. The Bertz CT molecular complexity index is 364. The molecule has 1 aromatic rings. The van der Waals surface area contributed by atoms with Crippen LogP contribution in [0.1, 0.15) is 57.2 Å². The first kappa shape index (κ1) is 12.6. The fourth-order valence-electron chi connectivity index (χ4n) is 2.89. The van der Waals surface area contributed by atoms with E-state index in [0.717, 1.165) is 0 Å². The highest BCUT2D eigenvalue weighted by atomic mass is 15.0. The van der Waals surface area contributed by atoms with E-state index >= 15 is 0 Å². The quantitative estimate of drug-likeness (QED) is 0.821. The molecule has 1 heteroatoms. The van der Waals surface area contributed by atoms with Crippen LogP contribution in [-0.2, 0) is 0 Å². The van der Waals surface area contributed by atoms with Crippen LogP contribution in [0.5, 0.6) is 0 Å². The Balaban J connectivity index is 2.01. The summed E-state index contributed by atoms with van der Waals surface area (Å²) in [7, 11) is 0. The second-order valence-electron chi connectivity index (χ2n) is 6.23. The van der Waals surface area contributed by atoms with Gasteiger partial charge in [0.1, 0.15) is 0 Å². The van der Waals surface area contributed by atoms with Crippen LogP contribution >= 0.6 is 0 Å². The molecule has 94 valence electrons. The maximum atomic E-state index is 3.80. The Labute approximate surface area is 106 Å². The van der Waals surface area contributed by atoms with Crippen LogP contribution in [-0.4, -0.2) is 6.04 Å². The zero-order chi connectivity index (χ0) is 12.5. The lowest BCUT2D eigenvalue weighted by Gasteiger charge is -2.31. The van der Waals surface area contributed by atoms with Crippen molar-refractivity contribution >= 4 is 0 Å². The minimum atomic E-state index is 0.456. The molecule has 1 N–H and O–H groups in total. The van der Waals surface area contributed by atoms with E-state index in [4.69, 9.17) is 0 Å². The average Bonchev–Trinajstić information content (AvgIpc) is 2.59. The highest BCUT2D eigenvalue weighted by Gasteiger charge is 2.34. The molecule has 0 saturated heterocycles. The van der Waals surface area contributed by atoms with Crippen molar-refractivity contribution in [1.29, 1.82) is 0 Å². The molecule has 1 nitrogen and oxygen atoms in total. The van der Waals surface area contributed by atoms with Gasteiger partial charge in [0.2, 0.25) is 0 Å². The first-order valence-corrected chi connectivity index (χ1v) is 6.82. The number of hydrogen-bond acceptors (Lipinski definition) is 1. The van der Waals surface area contributed by atoms with Gasteiger partial charge in [-0.3, -0.25) is 0 Å². The van der Waals surface area contributed by atoms with E-state index in [9.17, 15) is 0 Å². The number of benzene rings is 1. The monoisotopic (exact) mass is 231 g/mol. The van der Waals surface area contributed by atoms with Crippen LogP contribution < -0.4 is 5.32 Å². The van der Waals surface area contributed by atoms with Crippen molar-refractivity contribution in [2.24, 2.45) is 5.41 Å². The maximum Gasteiger partial charge on any atom is 0.0294 e. The molecule has 0 heterocycles. The van der Waals surface area contributed by atoms with Gasteiger partial charge in [-0.2, -0.15) is 0 Å². The molecule has 1 aliphatic rings. The number of hydrogen-bond donors (Lipinski definition) is 1. The van der Waals surface area contributed by atoms with E-state index in [1.807, 2.05) is 0 Å². The van der Waals surface area contributed by atoms with E-state index < -0.39 is 0 Å². The molecule has 1 unspecified atom stereocenters. The van der Waals surface area contributed by atoms with Gasteiger partial charge in [-0.25, -0.2) is 0 Å². The summed E-state index contributed by atoms with van der Waals surface area (Å²) >= 11 is 0. The van der Waals surface area contributed by atoms with Gasteiger partial charge in [-0.1, -0.05) is 50.1 Å². The van der Waals surface area contributed by atoms with Crippen LogP contribution in [0.25, 0.3) is 0 Å². The normalized spacial score (nSPS) is 24.8. The largest absolute Gasteiger partial charge is 0.307 e. The molecule has 0 radical (unpaired) electrons. The van der Waals surface area contributed by atoms with Crippen molar-refractivity contribution in [2.75, 3.05) is 0 Å². The van der Waals surface area contributed by atoms with Gasteiger partial charge in [0.15, 0.2) is 0 Å². The lowest BCUT2D eigenvalue weighted by molar-refractivity contribution is 0.266. The third-order valence-electron chi connectivity index (χ3n) is 4.29. The SMILES string of the molecule is Cc1ccc([C@@H](C)NC2CCCC2(C)C)cc1. The van der Waals surface area contributed by atoms with Crippen molar-refractivity contribution in [3.63, 3.8) is 0 Å². The summed E-state index contributed by atoms with van der Waals surface area (Å²) in [4.78, 5) is 0. The van der Waals surface area contributed by atoms with E-state index in [1.165, 1.54) is 30.4 Å². The molecular weight excluding hydrogens is 206 g/mol.